The Balaban J connectivity index is 2.54. The van der Waals surface area contributed by atoms with Gasteiger partial charge in [0, 0.05) is 9.14 Å². The van der Waals surface area contributed by atoms with Crippen LogP contribution in [0.25, 0.3) is 0 Å². The monoisotopic (exact) mass is 302 g/mol. The van der Waals surface area contributed by atoms with Crippen LogP contribution >= 0.6 is 22.6 Å². The van der Waals surface area contributed by atoms with Gasteiger partial charge in [0.25, 0.3) is 0 Å². The zero-order chi connectivity index (χ0) is 10.6. The third kappa shape index (κ3) is 3.49. The molecule has 0 N–H and O–H groups in total. The van der Waals surface area contributed by atoms with E-state index in [1.807, 2.05) is 24.3 Å². The van der Waals surface area contributed by atoms with Crippen LogP contribution in [0.1, 0.15) is 12.5 Å². The highest BCUT2D eigenvalue weighted by Gasteiger charge is 2.03. The fourth-order valence-corrected chi connectivity index (χ4v) is 1.51. The van der Waals surface area contributed by atoms with E-state index in [0.29, 0.717) is 12.2 Å². The van der Waals surface area contributed by atoms with Crippen molar-refractivity contribution in [1.82, 2.24) is 0 Å². The van der Waals surface area contributed by atoms with Gasteiger partial charge in [-0.3, -0.25) is 0 Å². The number of carbonyl (C=O) groups is 1. The van der Waals surface area contributed by atoms with Crippen molar-refractivity contribution in [2.24, 2.45) is 0 Å². The average Bonchev–Trinajstić information content (AvgIpc) is 2.14. The molecule has 0 atom stereocenters. The third-order valence-electron chi connectivity index (χ3n) is 1.61. The highest BCUT2D eigenvalue weighted by Crippen LogP contribution is 2.09. The predicted molar refractivity (Wildman–Crippen MR) is 63.8 cm³/mol. The standard InChI is InChI=1S/C11H11IO2/c1-8(2)11(13)14-7-9-4-3-5-10(12)6-9/h3-6H,1,7H2,2H3. The van der Waals surface area contributed by atoms with E-state index in [2.05, 4.69) is 29.2 Å². The molecule has 1 aromatic carbocycles. The van der Waals surface area contributed by atoms with Crippen molar-refractivity contribution < 1.29 is 9.53 Å². The summed E-state index contributed by atoms with van der Waals surface area (Å²) < 4.78 is 6.13. The van der Waals surface area contributed by atoms with E-state index in [4.69, 9.17) is 4.74 Å². The summed E-state index contributed by atoms with van der Waals surface area (Å²) in [6, 6.07) is 7.83. The molecule has 0 heterocycles. The first-order chi connectivity index (χ1) is 6.59. The summed E-state index contributed by atoms with van der Waals surface area (Å²) in [6.45, 7) is 5.45. The van der Waals surface area contributed by atoms with Crippen molar-refractivity contribution in [3.05, 3.63) is 45.6 Å². The lowest BCUT2D eigenvalue weighted by Crippen LogP contribution is -2.04. The van der Waals surface area contributed by atoms with Gasteiger partial charge in [0.05, 0.1) is 0 Å². The fourth-order valence-electron chi connectivity index (χ4n) is 0.899. The Labute approximate surface area is 97.1 Å². The highest BCUT2D eigenvalue weighted by atomic mass is 127. The minimum absolute atomic E-state index is 0.308. The Hall–Kier alpha value is -0.840. The normalized spacial score (nSPS) is 9.57. The maximum atomic E-state index is 11.1. The Morgan fingerprint density at radius 2 is 2.29 bits per heavy atom. The lowest BCUT2D eigenvalue weighted by atomic mass is 10.2. The molecule has 0 radical (unpaired) electrons. The molecule has 1 aromatic rings. The molecule has 0 spiro atoms. The molecule has 0 bridgehead atoms. The second-order valence-electron chi connectivity index (χ2n) is 2.99. The lowest BCUT2D eigenvalue weighted by Gasteiger charge is -2.04. The number of carbonyl (C=O) groups excluding carboxylic acids is 1. The first-order valence-electron chi connectivity index (χ1n) is 4.16. The summed E-state index contributed by atoms with van der Waals surface area (Å²) in [4.78, 5) is 11.1. The van der Waals surface area contributed by atoms with Crippen molar-refractivity contribution in [3.8, 4) is 0 Å². The molecule has 0 aromatic heterocycles. The molecule has 2 nitrogen and oxygen atoms in total. The summed E-state index contributed by atoms with van der Waals surface area (Å²) in [7, 11) is 0. The molecule has 0 amide bonds. The van der Waals surface area contributed by atoms with Crippen molar-refractivity contribution in [1.29, 1.82) is 0 Å². The minimum atomic E-state index is -0.344. The van der Waals surface area contributed by atoms with Gasteiger partial charge < -0.3 is 4.74 Å². The zero-order valence-electron chi connectivity index (χ0n) is 7.92. The molecular formula is C11H11IO2. The molecule has 0 saturated carbocycles. The Bertz CT molecular complexity index is 358. The molecule has 3 heteroatoms. The molecule has 0 aliphatic rings. The predicted octanol–water partition coefficient (Wildman–Crippen LogP) is 2.91. The van der Waals surface area contributed by atoms with E-state index in [-0.39, 0.29) is 5.97 Å². The van der Waals surface area contributed by atoms with Gasteiger partial charge in [0.1, 0.15) is 6.61 Å². The number of benzene rings is 1. The highest BCUT2D eigenvalue weighted by molar-refractivity contribution is 14.1. The van der Waals surface area contributed by atoms with E-state index in [9.17, 15) is 4.79 Å². The smallest absolute Gasteiger partial charge is 0.333 e. The van der Waals surface area contributed by atoms with Crippen LogP contribution in [0, 0.1) is 3.57 Å². The SMILES string of the molecule is C=C(C)C(=O)OCc1cccc(I)c1. The van der Waals surface area contributed by atoms with Crippen molar-refractivity contribution in [3.63, 3.8) is 0 Å². The molecule has 0 aliphatic carbocycles. The zero-order valence-corrected chi connectivity index (χ0v) is 10.1. The minimum Gasteiger partial charge on any atom is -0.457 e. The fraction of sp³-hybridized carbons (Fsp3) is 0.182. The molecule has 14 heavy (non-hydrogen) atoms. The van der Waals surface area contributed by atoms with Crippen LogP contribution in [0.5, 0.6) is 0 Å². The summed E-state index contributed by atoms with van der Waals surface area (Å²) >= 11 is 2.22. The van der Waals surface area contributed by atoms with Gasteiger partial charge in [0.15, 0.2) is 0 Å². The number of halogens is 1. The van der Waals surface area contributed by atoms with Crippen molar-refractivity contribution >= 4 is 28.6 Å². The Morgan fingerprint density at radius 3 is 2.86 bits per heavy atom. The molecular weight excluding hydrogens is 291 g/mol. The Kier molecular flexibility index (Phi) is 4.13. The average molecular weight is 302 g/mol. The quantitative estimate of drug-likeness (QED) is 0.487. The largest absolute Gasteiger partial charge is 0.457 e. The number of hydrogen-bond donors (Lipinski definition) is 0. The second-order valence-corrected chi connectivity index (χ2v) is 4.23. The van der Waals surface area contributed by atoms with E-state index in [1.54, 1.807) is 6.92 Å². The molecule has 0 aliphatic heterocycles. The van der Waals surface area contributed by atoms with Gasteiger partial charge in [-0.1, -0.05) is 18.7 Å². The molecule has 0 unspecified atom stereocenters. The van der Waals surface area contributed by atoms with Crippen LogP contribution in [0.2, 0.25) is 0 Å². The first-order valence-corrected chi connectivity index (χ1v) is 5.24. The summed E-state index contributed by atoms with van der Waals surface area (Å²) in [5.41, 5.74) is 1.42. The maximum absolute atomic E-state index is 11.1. The van der Waals surface area contributed by atoms with E-state index in [0.717, 1.165) is 9.13 Å². The second kappa shape index (κ2) is 5.14. The van der Waals surface area contributed by atoms with Gasteiger partial charge in [-0.25, -0.2) is 4.79 Å². The molecule has 1 rings (SSSR count). The number of rotatable bonds is 3. The van der Waals surface area contributed by atoms with Crippen LogP contribution in [0.4, 0.5) is 0 Å². The van der Waals surface area contributed by atoms with Crippen LogP contribution in [-0.2, 0) is 16.1 Å². The maximum Gasteiger partial charge on any atom is 0.333 e. The van der Waals surface area contributed by atoms with Gasteiger partial charge in [0.2, 0.25) is 0 Å². The Morgan fingerprint density at radius 1 is 1.57 bits per heavy atom. The van der Waals surface area contributed by atoms with Crippen molar-refractivity contribution in [2.45, 2.75) is 13.5 Å². The van der Waals surface area contributed by atoms with Gasteiger partial charge in [-0.15, -0.1) is 0 Å². The summed E-state index contributed by atoms with van der Waals surface area (Å²) in [5, 5.41) is 0. The van der Waals surface area contributed by atoms with E-state index < -0.39 is 0 Å². The third-order valence-corrected chi connectivity index (χ3v) is 2.28. The first kappa shape index (κ1) is 11.2. The molecule has 0 fully saturated rings. The van der Waals surface area contributed by atoms with Gasteiger partial charge in [-0.2, -0.15) is 0 Å². The number of ether oxygens (including phenoxy) is 1. The summed E-state index contributed by atoms with van der Waals surface area (Å²) in [5.74, 6) is -0.344. The van der Waals surface area contributed by atoms with E-state index >= 15 is 0 Å². The van der Waals surface area contributed by atoms with Crippen molar-refractivity contribution in [2.75, 3.05) is 0 Å². The van der Waals surface area contributed by atoms with Crippen LogP contribution in [0.3, 0.4) is 0 Å². The van der Waals surface area contributed by atoms with Crippen LogP contribution in [0.15, 0.2) is 36.4 Å². The van der Waals surface area contributed by atoms with E-state index in [1.165, 1.54) is 0 Å². The number of esters is 1. The van der Waals surface area contributed by atoms with Gasteiger partial charge >= 0.3 is 5.97 Å². The molecule has 74 valence electrons. The van der Waals surface area contributed by atoms with Gasteiger partial charge in [-0.05, 0) is 47.2 Å². The van der Waals surface area contributed by atoms with Crippen LogP contribution in [-0.4, -0.2) is 5.97 Å². The lowest BCUT2D eigenvalue weighted by molar-refractivity contribution is -0.140. The number of hydrogen-bond acceptors (Lipinski definition) is 2. The topological polar surface area (TPSA) is 26.3 Å². The van der Waals surface area contributed by atoms with Crippen LogP contribution < -0.4 is 0 Å². The molecule has 0 saturated heterocycles. The summed E-state index contributed by atoms with van der Waals surface area (Å²) in [6.07, 6.45) is 0.